The summed E-state index contributed by atoms with van der Waals surface area (Å²) in [7, 11) is 1.58. The molecule has 0 aliphatic heterocycles. The zero-order valence-corrected chi connectivity index (χ0v) is 15.6. The summed E-state index contributed by atoms with van der Waals surface area (Å²) in [5.41, 5.74) is 0.680. The molecule has 0 fully saturated rings. The predicted octanol–water partition coefficient (Wildman–Crippen LogP) is 4.05. The van der Waals surface area contributed by atoms with Crippen LogP contribution in [0, 0.1) is 0 Å². The lowest BCUT2D eigenvalue weighted by Gasteiger charge is -2.05. The summed E-state index contributed by atoms with van der Waals surface area (Å²) in [4.78, 5) is 27.5. The molecule has 0 radical (unpaired) electrons. The lowest BCUT2D eigenvalue weighted by molar-refractivity contribution is -0.131. The van der Waals surface area contributed by atoms with Gasteiger partial charge in [-0.05, 0) is 42.5 Å². The van der Waals surface area contributed by atoms with Gasteiger partial charge in [-0.1, -0.05) is 15.9 Å². The van der Waals surface area contributed by atoms with Crippen LogP contribution in [0.25, 0.3) is 23.1 Å². The quantitative estimate of drug-likeness (QED) is 0.472. The Morgan fingerprint density at radius 2 is 2.00 bits per heavy atom. The Bertz CT molecular complexity index is 1070. The summed E-state index contributed by atoms with van der Waals surface area (Å²) in [5, 5.41) is 0.237. The maximum atomic E-state index is 12.2. The molecule has 0 N–H and O–H groups in total. The first-order chi connectivity index (χ1) is 12.5. The van der Waals surface area contributed by atoms with Crippen LogP contribution < -0.4 is 15.1 Å². The molecule has 7 heteroatoms. The van der Waals surface area contributed by atoms with Crippen molar-refractivity contribution in [3.05, 3.63) is 62.7 Å². The highest BCUT2D eigenvalue weighted by atomic mass is 79.9. The van der Waals surface area contributed by atoms with Gasteiger partial charge >= 0.3 is 11.6 Å². The third-order valence-corrected chi connectivity index (χ3v) is 3.97. The van der Waals surface area contributed by atoms with Gasteiger partial charge < -0.3 is 13.9 Å². The number of aromatic nitrogens is 1. The Morgan fingerprint density at radius 1 is 1.19 bits per heavy atom. The van der Waals surface area contributed by atoms with Crippen molar-refractivity contribution in [2.45, 2.75) is 6.92 Å². The van der Waals surface area contributed by atoms with Crippen LogP contribution in [0.2, 0.25) is 0 Å². The number of fused-ring (bicyclic) bond motifs is 1. The van der Waals surface area contributed by atoms with E-state index < -0.39 is 11.6 Å². The van der Waals surface area contributed by atoms with Crippen LogP contribution in [-0.2, 0) is 4.79 Å². The number of ether oxygens (including phenoxy) is 2. The molecule has 1 heterocycles. The Hall–Kier alpha value is -2.93. The van der Waals surface area contributed by atoms with Gasteiger partial charge in [0.25, 0.3) is 0 Å². The third-order valence-electron chi connectivity index (χ3n) is 3.47. The number of carbonyl (C=O) groups excluding carboxylic acids is 1. The molecule has 3 rings (SSSR count). The standard InChI is InChI=1S/C19H14BrNO5/c1-11(22)25-14-5-6-16-15(10-14)19(23)26-18(21-16)8-3-12-9-13(20)4-7-17(12)24-2/h3-10H,1-2H3/b8-3+. The van der Waals surface area contributed by atoms with E-state index in [0.29, 0.717) is 11.3 Å². The molecule has 26 heavy (non-hydrogen) atoms. The molecule has 0 saturated carbocycles. The minimum Gasteiger partial charge on any atom is -0.496 e. The molecule has 6 nitrogen and oxygen atoms in total. The summed E-state index contributed by atoms with van der Waals surface area (Å²) in [6, 6.07) is 10.2. The Morgan fingerprint density at radius 3 is 2.73 bits per heavy atom. The number of hydrogen-bond donors (Lipinski definition) is 0. The van der Waals surface area contributed by atoms with Crippen molar-refractivity contribution in [1.29, 1.82) is 0 Å². The number of benzene rings is 2. The van der Waals surface area contributed by atoms with Crippen LogP contribution in [0.4, 0.5) is 0 Å². The number of hydrogen-bond acceptors (Lipinski definition) is 6. The summed E-state index contributed by atoms with van der Waals surface area (Å²) >= 11 is 3.41. The van der Waals surface area contributed by atoms with E-state index in [9.17, 15) is 9.59 Å². The summed E-state index contributed by atoms with van der Waals surface area (Å²) < 4.78 is 16.4. The average molecular weight is 416 g/mol. The van der Waals surface area contributed by atoms with E-state index >= 15 is 0 Å². The molecule has 3 aromatic rings. The number of methoxy groups -OCH3 is 1. The topological polar surface area (TPSA) is 78.6 Å². The second-order valence-corrected chi connectivity index (χ2v) is 6.25. The first-order valence-electron chi connectivity index (χ1n) is 7.61. The number of carbonyl (C=O) groups is 1. The highest BCUT2D eigenvalue weighted by Crippen LogP contribution is 2.25. The fourth-order valence-electron chi connectivity index (χ4n) is 2.36. The van der Waals surface area contributed by atoms with E-state index in [0.717, 1.165) is 10.0 Å². The third kappa shape index (κ3) is 4.00. The van der Waals surface area contributed by atoms with E-state index in [1.165, 1.54) is 13.0 Å². The number of halogens is 1. The van der Waals surface area contributed by atoms with E-state index in [2.05, 4.69) is 20.9 Å². The molecular formula is C19H14BrNO5. The van der Waals surface area contributed by atoms with Gasteiger partial charge in [-0.25, -0.2) is 9.78 Å². The monoisotopic (exact) mass is 415 g/mol. The molecule has 0 unspecified atom stereocenters. The molecule has 0 bridgehead atoms. The second kappa shape index (κ2) is 7.53. The largest absolute Gasteiger partial charge is 0.496 e. The fourth-order valence-corrected chi connectivity index (χ4v) is 2.74. The van der Waals surface area contributed by atoms with Crippen molar-refractivity contribution >= 4 is 45.0 Å². The van der Waals surface area contributed by atoms with E-state index in [1.54, 1.807) is 31.4 Å². The number of rotatable bonds is 4. The molecule has 0 aliphatic rings. The van der Waals surface area contributed by atoms with Gasteiger partial charge in [0, 0.05) is 23.0 Å². The smallest absolute Gasteiger partial charge is 0.347 e. The Kier molecular flexibility index (Phi) is 5.18. The zero-order valence-electron chi connectivity index (χ0n) is 14.0. The fraction of sp³-hybridized carbons (Fsp3) is 0.105. The van der Waals surface area contributed by atoms with Crippen LogP contribution >= 0.6 is 15.9 Å². The van der Waals surface area contributed by atoms with E-state index in [-0.39, 0.29) is 17.0 Å². The number of esters is 1. The van der Waals surface area contributed by atoms with Gasteiger partial charge in [-0.15, -0.1) is 0 Å². The minimum atomic E-state index is -0.565. The van der Waals surface area contributed by atoms with Gasteiger partial charge in [0.15, 0.2) is 0 Å². The highest BCUT2D eigenvalue weighted by Gasteiger charge is 2.08. The Labute approximate surface area is 157 Å². The van der Waals surface area contributed by atoms with Gasteiger partial charge in [-0.2, -0.15) is 0 Å². The lowest BCUT2D eigenvalue weighted by atomic mass is 10.2. The van der Waals surface area contributed by atoms with Crippen LogP contribution in [0.1, 0.15) is 18.4 Å². The van der Waals surface area contributed by atoms with Gasteiger partial charge in [0.05, 0.1) is 18.0 Å². The first kappa shape index (κ1) is 17.9. The zero-order chi connectivity index (χ0) is 18.7. The van der Waals surface area contributed by atoms with Gasteiger partial charge in [-0.3, -0.25) is 4.79 Å². The maximum Gasteiger partial charge on any atom is 0.347 e. The molecule has 0 aliphatic carbocycles. The molecule has 0 atom stereocenters. The SMILES string of the molecule is COc1ccc(Br)cc1/C=C/c1nc2ccc(OC(C)=O)cc2c(=O)o1. The maximum absolute atomic E-state index is 12.2. The first-order valence-corrected chi connectivity index (χ1v) is 8.40. The summed E-state index contributed by atoms with van der Waals surface area (Å²) in [6.45, 7) is 1.29. The van der Waals surface area contributed by atoms with Crippen LogP contribution in [-0.4, -0.2) is 18.1 Å². The average Bonchev–Trinajstić information content (AvgIpc) is 2.60. The number of nitrogens with zero attached hydrogens (tertiary/aromatic N) is 1. The van der Waals surface area contributed by atoms with Crippen LogP contribution in [0.15, 0.2) is 50.1 Å². The van der Waals surface area contributed by atoms with Crippen molar-refractivity contribution in [2.24, 2.45) is 0 Å². The highest BCUT2D eigenvalue weighted by molar-refractivity contribution is 9.10. The predicted molar refractivity (Wildman–Crippen MR) is 101 cm³/mol. The van der Waals surface area contributed by atoms with Gasteiger partial charge in [0.2, 0.25) is 5.89 Å². The summed E-state index contributed by atoms with van der Waals surface area (Å²) in [6.07, 6.45) is 3.33. The molecular weight excluding hydrogens is 402 g/mol. The minimum absolute atomic E-state index is 0.157. The molecule has 0 saturated heterocycles. The van der Waals surface area contributed by atoms with E-state index in [1.807, 2.05) is 18.2 Å². The normalized spacial score (nSPS) is 11.0. The Balaban J connectivity index is 1.98. The molecule has 132 valence electrons. The second-order valence-electron chi connectivity index (χ2n) is 5.33. The van der Waals surface area contributed by atoms with Crippen molar-refractivity contribution in [3.63, 3.8) is 0 Å². The van der Waals surface area contributed by atoms with Crippen molar-refractivity contribution < 1.29 is 18.7 Å². The van der Waals surface area contributed by atoms with Crippen LogP contribution in [0.3, 0.4) is 0 Å². The molecule has 0 spiro atoms. The van der Waals surface area contributed by atoms with Crippen molar-refractivity contribution in [3.8, 4) is 11.5 Å². The summed E-state index contributed by atoms with van der Waals surface area (Å²) in [5.74, 6) is 0.633. The van der Waals surface area contributed by atoms with Crippen molar-refractivity contribution in [1.82, 2.24) is 4.98 Å². The van der Waals surface area contributed by atoms with Crippen molar-refractivity contribution in [2.75, 3.05) is 7.11 Å². The van der Waals surface area contributed by atoms with Gasteiger partial charge in [0.1, 0.15) is 11.5 Å². The molecule has 2 aromatic carbocycles. The van der Waals surface area contributed by atoms with E-state index in [4.69, 9.17) is 13.9 Å². The van der Waals surface area contributed by atoms with Crippen LogP contribution in [0.5, 0.6) is 11.5 Å². The lowest BCUT2D eigenvalue weighted by Crippen LogP contribution is -2.05. The molecule has 1 aromatic heterocycles. The molecule has 0 amide bonds.